The number of unbranched alkanes of at least 4 members (excludes halogenated alkanes) is 1. The quantitative estimate of drug-likeness (QED) is 0.781. The van der Waals surface area contributed by atoms with Crippen molar-refractivity contribution < 1.29 is 14.4 Å². The normalized spacial score (nSPS) is 22.2. The Morgan fingerprint density at radius 1 is 1.08 bits per heavy atom. The molecular formula is C18H31N3O3. The minimum atomic E-state index is -0.240. The van der Waals surface area contributed by atoms with E-state index >= 15 is 0 Å². The molecule has 2 fully saturated rings. The van der Waals surface area contributed by atoms with E-state index in [0.29, 0.717) is 45.6 Å². The molecule has 0 radical (unpaired) electrons. The summed E-state index contributed by atoms with van der Waals surface area (Å²) in [6.07, 6.45) is 2.85. The maximum atomic E-state index is 12.7. The molecule has 0 N–H and O–H groups in total. The van der Waals surface area contributed by atoms with E-state index in [-0.39, 0.29) is 29.2 Å². The first kappa shape index (κ1) is 18.7. The van der Waals surface area contributed by atoms with Crippen molar-refractivity contribution in [1.82, 2.24) is 14.7 Å². The number of carbonyl (C=O) groups excluding carboxylic acids is 3. The largest absolute Gasteiger partial charge is 0.339 e. The van der Waals surface area contributed by atoms with Crippen LogP contribution in [0.2, 0.25) is 0 Å². The molecule has 24 heavy (non-hydrogen) atoms. The van der Waals surface area contributed by atoms with Gasteiger partial charge in [-0.25, -0.2) is 0 Å². The zero-order valence-corrected chi connectivity index (χ0v) is 15.5. The number of likely N-dealkylation sites (tertiary alicyclic amines) is 1. The van der Waals surface area contributed by atoms with Gasteiger partial charge >= 0.3 is 0 Å². The second-order valence-corrected chi connectivity index (χ2v) is 7.89. The summed E-state index contributed by atoms with van der Waals surface area (Å²) in [6, 6.07) is 0. The molecule has 0 spiro atoms. The number of piperazine rings is 1. The number of carbonyl (C=O) groups is 3. The third kappa shape index (κ3) is 4.28. The van der Waals surface area contributed by atoms with Crippen LogP contribution in [-0.2, 0) is 14.4 Å². The number of nitrogens with zero attached hydrogens (tertiary/aromatic N) is 3. The van der Waals surface area contributed by atoms with Crippen molar-refractivity contribution in [3.63, 3.8) is 0 Å². The van der Waals surface area contributed by atoms with Crippen LogP contribution in [0, 0.1) is 5.92 Å². The molecule has 6 nitrogen and oxygen atoms in total. The van der Waals surface area contributed by atoms with Gasteiger partial charge in [0.15, 0.2) is 0 Å². The topological polar surface area (TPSA) is 60.9 Å². The number of amides is 3. The van der Waals surface area contributed by atoms with E-state index in [1.165, 1.54) is 0 Å². The second-order valence-electron chi connectivity index (χ2n) is 7.89. The molecular weight excluding hydrogens is 306 g/mol. The van der Waals surface area contributed by atoms with Gasteiger partial charge in [0.1, 0.15) is 0 Å². The second kappa shape index (κ2) is 7.53. The molecule has 2 heterocycles. The average Bonchev–Trinajstić information content (AvgIpc) is 2.94. The molecule has 0 saturated carbocycles. The molecule has 6 heteroatoms. The summed E-state index contributed by atoms with van der Waals surface area (Å²) in [5.41, 5.74) is -0.240. The number of hydrogen-bond acceptors (Lipinski definition) is 3. The zero-order valence-electron chi connectivity index (χ0n) is 15.5. The van der Waals surface area contributed by atoms with Crippen LogP contribution < -0.4 is 0 Å². The van der Waals surface area contributed by atoms with Gasteiger partial charge in [-0.05, 0) is 27.2 Å². The lowest BCUT2D eigenvalue weighted by atomic mass is 10.1. The van der Waals surface area contributed by atoms with Crippen LogP contribution in [0.3, 0.4) is 0 Å². The van der Waals surface area contributed by atoms with Crippen molar-refractivity contribution in [1.29, 1.82) is 0 Å². The van der Waals surface area contributed by atoms with Gasteiger partial charge in [-0.1, -0.05) is 13.3 Å². The fourth-order valence-corrected chi connectivity index (χ4v) is 3.44. The summed E-state index contributed by atoms with van der Waals surface area (Å²) >= 11 is 0. The third-order valence-corrected chi connectivity index (χ3v) is 4.97. The van der Waals surface area contributed by atoms with Crippen LogP contribution in [0.15, 0.2) is 0 Å². The lowest BCUT2D eigenvalue weighted by Crippen LogP contribution is -2.52. The van der Waals surface area contributed by atoms with E-state index in [9.17, 15) is 14.4 Å². The highest BCUT2D eigenvalue weighted by atomic mass is 16.2. The lowest BCUT2D eigenvalue weighted by Gasteiger charge is -2.36. The highest BCUT2D eigenvalue weighted by Crippen LogP contribution is 2.27. The van der Waals surface area contributed by atoms with Crippen molar-refractivity contribution in [2.75, 3.05) is 32.7 Å². The fraction of sp³-hybridized carbons (Fsp3) is 0.833. The smallest absolute Gasteiger partial charge is 0.228 e. The minimum Gasteiger partial charge on any atom is -0.339 e. The van der Waals surface area contributed by atoms with E-state index in [0.717, 1.165) is 12.8 Å². The Morgan fingerprint density at radius 3 is 2.17 bits per heavy atom. The predicted molar refractivity (Wildman–Crippen MR) is 92.3 cm³/mol. The van der Waals surface area contributed by atoms with Gasteiger partial charge < -0.3 is 14.7 Å². The van der Waals surface area contributed by atoms with E-state index in [2.05, 4.69) is 6.92 Å². The molecule has 0 aromatic heterocycles. The standard InChI is InChI=1S/C18H31N3O3/c1-5-6-7-15(22)19-8-10-20(11-9-19)17(24)14-12-16(23)21(13-14)18(2,3)4/h14H,5-13H2,1-4H3. The predicted octanol–water partition coefficient (Wildman–Crippen LogP) is 1.49. The van der Waals surface area contributed by atoms with Gasteiger partial charge in [-0.3, -0.25) is 14.4 Å². The van der Waals surface area contributed by atoms with Crippen molar-refractivity contribution in [3.05, 3.63) is 0 Å². The summed E-state index contributed by atoms with van der Waals surface area (Å²) in [5.74, 6) is 0.0861. The Balaban J connectivity index is 1.85. The van der Waals surface area contributed by atoms with Crippen LogP contribution in [-0.4, -0.2) is 70.7 Å². The van der Waals surface area contributed by atoms with E-state index < -0.39 is 0 Å². The first-order chi connectivity index (χ1) is 11.2. The number of hydrogen-bond donors (Lipinski definition) is 0. The van der Waals surface area contributed by atoms with Crippen LogP contribution in [0.5, 0.6) is 0 Å². The minimum absolute atomic E-state index is 0.0641. The molecule has 2 saturated heterocycles. The molecule has 0 aromatic rings. The molecule has 0 aromatic carbocycles. The molecule has 2 rings (SSSR count). The van der Waals surface area contributed by atoms with Crippen molar-refractivity contribution in [3.8, 4) is 0 Å². The molecule has 2 aliphatic heterocycles. The van der Waals surface area contributed by atoms with Gasteiger partial charge in [0.05, 0.1) is 5.92 Å². The SMILES string of the molecule is CCCCC(=O)N1CCN(C(=O)C2CC(=O)N(C(C)(C)C)C2)CC1. The monoisotopic (exact) mass is 337 g/mol. The first-order valence-electron chi connectivity index (χ1n) is 9.11. The summed E-state index contributed by atoms with van der Waals surface area (Å²) in [7, 11) is 0. The van der Waals surface area contributed by atoms with Crippen LogP contribution >= 0.6 is 0 Å². The molecule has 0 bridgehead atoms. The van der Waals surface area contributed by atoms with Gasteiger partial charge in [0.2, 0.25) is 17.7 Å². The van der Waals surface area contributed by atoms with Gasteiger partial charge in [-0.15, -0.1) is 0 Å². The van der Waals surface area contributed by atoms with Crippen LogP contribution in [0.1, 0.15) is 53.4 Å². The van der Waals surface area contributed by atoms with Gasteiger partial charge in [0.25, 0.3) is 0 Å². The zero-order chi connectivity index (χ0) is 17.9. The third-order valence-electron chi connectivity index (χ3n) is 4.97. The maximum absolute atomic E-state index is 12.7. The van der Waals surface area contributed by atoms with Gasteiger partial charge in [0, 0.05) is 51.1 Å². The van der Waals surface area contributed by atoms with Gasteiger partial charge in [-0.2, -0.15) is 0 Å². The summed E-state index contributed by atoms with van der Waals surface area (Å²) < 4.78 is 0. The molecule has 2 aliphatic rings. The van der Waals surface area contributed by atoms with E-state index in [1.54, 1.807) is 4.90 Å². The highest BCUT2D eigenvalue weighted by molar-refractivity contribution is 5.89. The van der Waals surface area contributed by atoms with Crippen LogP contribution in [0.25, 0.3) is 0 Å². The maximum Gasteiger partial charge on any atom is 0.228 e. The molecule has 3 amide bonds. The Morgan fingerprint density at radius 2 is 1.67 bits per heavy atom. The Kier molecular flexibility index (Phi) is 5.88. The van der Waals surface area contributed by atoms with Crippen molar-refractivity contribution in [2.24, 2.45) is 5.92 Å². The summed E-state index contributed by atoms with van der Waals surface area (Å²) in [6.45, 7) is 11.0. The Hall–Kier alpha value is -1.59. The van der Waals surface area contributed by atoms with Crippen LogP contribution in [0.4, 0.5) is 0 Å². The number of rotatable bonds is 4. The summed E-state index contributed by atoms with van der Waals surface area (Å²) in [5, 5.41) is 0. The molecule has 1 atom stereocenters. The Bertz CT molecular complexity index is 490. The van der Waals surface area contributed by atoms with Crippen molar-refractivity contribution in [2.45, 2.75) is 58.9 Å². The van der Waals surface area contributed by atoms with E-state index in [4.69, 9.17) is 0 Å². The first-order valence-corrected chi connectivity index (χ1v) is 9.11. The average molecular weight is 337 g/mol. The lowest BCUT2D eigenvalue weighted by molar-refractivity contribution is -0.142. The van der Waals surface area contributed by atoms with Crippen molar-refractivity contribution >= 4 is 17.7 Å². The van der Waals surface area contributed by atoms with E-state index in [1.807, 2.05) is 30.6 Å². The molecule has 1 unspecified atom stereocenters. The molecule has 136 valence electrons. The summed E-state index contributed by atoms with van der Waals surface area (Å²) in [4.78, 5) is 42.4. The highest BCUT2D eigenvalue weighted by Gasteiger charge is 2.41. The Labute approximate surface area is 145 Å². The fourth-order valence-electron chi connectivity index (χ4n) is 3.44. The molecule has 0 aliphatic carbocycles.